The van der Waals surface area contributed by atoms with Crippen LogP contribution in [0.4, 0.5) is 5.69 Å². The lowest BCUT2D eigenvalue weighted by molar-refractivity contribution is -0.385. The zero-order chi connectivity index (χ0) is 27.1. The molecule has 2 aliphatic rings. The van der Waals surface area contributed by atoms with Gasteiger partial charge >= 0.3 is 0 Å². The number of nitro groups is 1. The van der Waals surface area contributed by atoms with Crippen molar-refractivity contribution in [1.82, 2.24) is 4.57 Å². The van der Waals surface area contributed by atoms with Crippen LogP contribution in [0.3, 0.4) is 0 Å². The van der Waals surface area contributed by atoms with Gasteiger partial charge in [0.15, 0.2) is 4.80 Å². The molecule has 194 valence electrons. The van der Waals surface area contributed by atoms with Gasteiger partial charge in [-0.1, -0.05) is 70.9 Å². The van der Waals surface area contributed by atoms with Crippen LogP contribution in [0, 0.1) is 10.1 Å². The fourth-order valence-electron chi connectivity index (χ4n) is 5.18. The number of allylic oxidation sites excluding steroid dienone is 2. The SMILES string of the molecule is O=c1/c(=C\c2ccccc2[N+](=O)[O-])sc2n1C(c1ccc(Cl)cc1)C1=C(N=2)/C(=C/c2ccc(Cl)cc2)CCC1. The fraction of sp³-hybridized carbons (Fsp3) is 0.133. The first-order valence-corrected chi connectivity index (χ1v) is 14.0. The molecule has 0 amide bonds. The van der Waals surface area contributed by atoms with Crippen LogP contribution < -0.4 is 14.9 Å². The van der Waals surface area contributed by atoms with Gasteiger partial charge in [0.05, 0.1) is 26.8 Å². The summed E-state index contributed by atoms with van der Waals surface area (Å²) in [6.45, 7) is 0. The summed E-state index contributed by atoms with van der Waals surface area (Å²) in [6, 6.07) is 21.3. The van der Waals surface area contributed by atoms with E-state index in [9.17, 15) is 14.9 Å². The van der Waals surface area contributed by atoms with E-state index in [-0.39, 0.29) is 17.3 Å². The highest BCUT2D eigenvalue weighted by Gasteiger charge is 2.32. The molecule has 0 N–H and O–H groups in total. The number of thiazole rings is 1. The Hall–Kier alpha value is -3.78. The number of hydrogen-bond acceptors (Lipinski definition) is 5. The number of nitrogens with zero attached hydrogens (tertiary/aromatic N) is 3. The Morgan fingerprint density at radius 1 is 0.949 bits per heavy atom. The Labute approximate surface area is 237 Å². The molecule has 0 saturated heterocycles. The molecule has 0 spiro atoms. The number of para-hydroxylation sites is 1. The van der Waals surface area contributed by atoms with Crippen LogP contribution in [0.2, 0.25) is 10.0 Å². The molecule has 39 heavy (non-hydrogen) atoms. The summed E-state index contributed by atoms with van der Waals surface area (Å²) in [5.74, 6) is 0. The van der Waals surface area contributed by atoms with Gasteiger partial charge in [-0.25, -0.2) is 4.99 Å². The summed E-state index contributed by atoms with van der Waals surface area (Å²) in [7, 11) is 0. The second-order valence-electron chi connectivity index (χ2n) is 9.40. The minimum Gasteiger partial charge on any atom is -0.272 e. The minimum atomic E-state index is -0.439. The zero-order valence-corrected chi connectivity index (χ0v) is 22.8. The molecular weight excluding hydrogens is 553 g/mol. The highest BCUT2D eigenvalue weighted by Crippen LogP contribution is 2.41. The van der Waals surface area contributed by atoms with Crippen molar-refractivity contribution < 1.29 is 4.92 Å². The standard InChI is InChI=1S/C30H21Cl2N3O3S/c31-22-12-8-18(9-13-22)16-21-5-3-6-24-27(21)33-30-34(28(24)19-10-14-23(32)15-11-19)29(36)26(39-30)17-20-4-1-2-7-25(20)35(37)38/h1-2,4,7-17,28H,3,5-6H2/b21-16+,26-17+. The van der Waals surface area contributed by atoms with E-state index in [0.717, 1.165) is 47.2 Å². The van der Waals surface area contributed by atoms with E-state index < -0.39 is 4.92 Å². The smallest absolute Gasteiger partial charge is 0.272 e. The van der Waals surface area contributed by atoms with Crippen molar-refractivity contribution in [2.24, 2.45) is 4.99 Å². The highest BCUT2D eigenvalue weighted by molar-refractivity contribution is 7.07. The Balaban J connectivity index is 1.58. The lowest BCUT2D eigenvalue weighted by Gasteiger charge is -2.31. The first-order valence-electron chi connectivity index (χ1n) is 12.4. The number of benzene rings is 3. The highest BCUT2D eigenvalue weighted by atomic mass is 35.5. The third-order valence-corrected chi connectivity index (χ3v) is 8.44. The summed E-state index contributed by atoms with van der Waals surface area (Å²) in [5.41, 5.74) is 5.15. The molecule has 2 heterocycles. The molecule has 1 unspecified atom stereocenters. The van der Waals surface area contributed by atoms with E-state index in [0.29, 0.717) is 24.9 Å². The summed E-state index contributed by atoms with van der Waals surface area (Å²) >= 11 is 13.5. The van der Waals surface area contributed by atoms with Gasteiger partial charge in [-0.2, -0.15) is 0 Å². The number of halogens is 2. The number of fused-ring (bicyclic) bond motifs is 1. The van der Waals surface area contributed by atoms with Crippen LogP contribution in [0.5, 0.6) is 0 Å². The maximum absolute atomic E-state index is 13.9. The van der Waals surface area contributed by atoms with Crippen molar-refractivity contribution >= 4 is 52.4 Å². The lowest BCUT2D eigenvalue weighted by Crippen LogP contribution is -2.39. The van der Waals surface area contributed by atoms with Crippen LogP contribution in [0.1, 0.15) is 42.0 Å². The number of rotatable bonds is 4. The molecule has 4 aromatic rings. The van der Waals surface area contributed by atoms with Gasteiger partial charge in [-0.05, 0) is 84.0 Å². The second-order valence-corrected chi connectivity index (χ2v) is 11.3. The van der Waals surface area contributed by atoms with Gasteiger partial charge in [-0.3, -0.25) is 19.5 Å². The van der Waals surface area contributed by atoms with Crippen molar-refractivity contribution in [3.05, 3.63) is 146 Å². The molecule has 6 nitrogen and oxygen atoms in total. The largest absolute Gasteiger partial charge is 0.276 e. The number of nitro benzene ring substituents is 1. The average molecular weight is 574 g/mol. The first-order chi connectivity index (χ1) is 18.9. The molecule has 1 aromatic heterocycles. The van der Waals surface area contributed by atoms with Gasteiger partial charge < -0.3 is 0 Å². The lowest BCUT2D eigenvalue weighted by atomic mass is 9.84. The first kappa shape index (κ1) is 25.5. The Kier molecular flexibility index (Phi) is 6.81. The molecule has 0 saturated carbocycles. The van der Waals surface area contributed by atoms with E-state index in [4.69, 9.17) is 28.2 Å². The van der Waals surface area contributed by atoms with Crippen LogP contribution in [0.15, 0.2) is 99.4 Å². The summed E-state index contributed by atoms with van der Waals surface area (Å²) in [6.07, 6.45) is 6.32. The Morgan fingerprint density at radius 2 is 1.64 bits per heavy atom. The van der Waals surface area contributed by atoms with Crippen LogP contribution in [0.25, 0.3) is 12.2 Å². The van der Waals surface area contributed by atoms with Gasteiger partial charge in [-0.15, -0.1) is 0 Å². The van der Waals surface area contributed by atoms with Crippen molar-refractivity contribution in [2.45, 2.75) is 25.3 Å². The quantitative estimate of drug-likeness (QED) is 0.201. The van der Waals surface area contributed by atoms with Crippen LogP contribution >= 0.6 is 34.5 Å². The van der Waals surface area contributed by atoms with Crippen LogP contribution in [-0.2, 0) is 0 Å². The minimum absolute atomic E-state index is 0.0509. The fourth-order valence-corrected chi connectivity index (χ4v) is 6.42. The van der Waals surface area contributed by atoms with Gasteiger partial charge in [0, 0.05) is 16.1 Å². The molecule has 1 aliphatic carbocycles. The van der Waals surface area contributed by atoms with E-state index in [2.05, 4.69) is 6.08 Å². The number of aromatic nitrogens is 1. The van der Waals surface area contributed by atoms with Gasteiger partial charge in [0.2, 0.25) is 0 Å². The molecule has 3 aromatic carbocycles. The molecule has 6 rings (SSSR count). The van der Waals surface area contributed by atoms with Gasteiger partial charge in [0.1, 0.15) is 0 Å². The van der Waals surface area contributed by atoms with E-state index in [1.165, 1.54) is 17.4 Å². The molecule has 1 aliphatic heterocycles. The van der Waals surface area contributed by atoms with E-state index in [1.54, 1.807) is 28.8 Å². The third-order valence-electron chi connectivity index (χ3n) is 6.95. The van der Waals surface area contributed by atoms with Crippen molar-refractivity contribution in [1.29, 1.82) is 0 Å². The van der Waals surface area contributed by atoms with Crippen molar-refractivity contribution in [2.75, 3.05) is 0 Å². The van der Waals surface area contributed by atoms with Crippen LogP contribution in [-0.4, -0.2) is 9.49 Å². The Morgan fingerprint density at radius 3 is 2.36 bits per heavy atom. The monoisotopic (exact) mass is 573 g/mol. The molecule has 0 fully saturated rings. The third kappa shape index (κ3) is 4.89. The van der Waals surface area contributed by atoms with E-state index >= 15 is 0 Å². The molecular formula is C30H21Cl2N3O3S. The molecule has 0 bridgehead atoms. The van der Waals surface area contributed by atoms with Gasteiger partial charge in [0.25, 0.3) is 11.2 Å². The average Bonchev–Trinajstić information content (AvgIpc) is 3.24. The maximum Gasteiger partial charge on any atom is 0.276 e. The maximum atomic E-state index is 13.9. The summed E-state index contributed by atoms with van der Waals surface area (Å²) in [5, 5.41) is 12.9. The molecule has 0 radical (unpaired) electrons. The summed E-state index contributed by atoms with van der Waals surface area (Å²) < 4.78 is 2.11. The van der Waals surface area contributed by atoms with Crippen molar-refractivity contribution in [3.63, 3.8) is 0 Å². The van der Waals surface area contributed by atoms with Crippen molar-refractivity contribution in [3.8, 4) is 0 Å². The predicted molar refractivity (Wildman–Crippen MR) is 156 cm³/mol. The zero-order valence-electron chi connectivity index (χ0n) is 20.5. The molecule has 9 heteroatoms. The topological polar surface area (TPSA) is 77.5 Å². The predicted octanol–water partition coefficient (Wildman–Crippen LogP) is 6.70. The van der Waals surface area contributed by atoms with E-state index in [1.807, 2.05) is 48.5 Å². The normalized spacial score (nSPS) is 18.1. The molecule has 1 atom stereocenters. The second kappa shape index (κ2) is 10.4. The number of hydrogen-bond donors (Lipinski definition) is 0. The summed E-state index contributed by atoms with van der Waals surface area (Å²) in [4.78, 5) is 30.6. The Bertz CT molecular complexity index is 1850.